The van der Waals surface area contributed by atoms with Gasteiger partial charge >= 0.3 is 6.18 Å². The first-order valence-corrected chi connectivity index (χ1v) is 6.72. The molecule has 0 aliphatic heterocycles. The quantitative estimate of drug-likeness (QED) is 0.606. The SMILES string of the molecule is FC(F)(F)c1ccc(-c2nc(Cl)oc2-c2ccccc2)cc1. The Kier molecular flexibility index (Phi) is 3.66. The van der Waals surface area contributed by atoms with E-state index in [1.807, 2.05) is 30.3 Å². The van der Waals surface area contributed by atoms with E-state index in [2.05, 4.69) is 4.98 Å². The van der Waals surface area contributed by atoms with Gasteiger partial charge in [-0.15, -0.1) is 0 Å². The van der Waals surface area contributed by atoms with Crippen LogP contribution in [0.5, 0.6) is 0 Å². The second-order valence-corrected chi connectivity index (χ2v) is 4.91. The number of aromatic nitrogens is 1. The lowest BCUT2D eigenvalue weighted by molar-refractivity contribution is -0.137. The van der Waals surface area contributed by atoms with Crippen molar-refractivity contribution >= 4 is 11.6 Å². The van der Waals surface area contributed by atoms with Gasteiger partial charge in [0.25, 0.3) is 5.35 Å². The van der Waals surface area contributed by atoms with Crippen LogP contribution in [0.25, 0.3) is 22.6 Å². The lowest BCUT2D eigenvalue weighted by Crippen LogP contribution is -2.04. The van der Waals surface area contributed by atoms with Gasteiger partial charge in [-0.1, -0.05) is 42.5 Å². The van der Waals surface area contributed by atoms with Crippen molar-refractivity contribution < 1.29 is 17.6 Å². The summed E-state index contributed by atoms with van der Waals surface area (Å²) >= 11 is 5.81. The van der Waals surface area contributed by atoms with Crippen LogP contribution in [0.2, 0.25) is 5.35 Å². The number of rotatable bonds is 2. The van der Waals surface area contributed by atoms with Crippen LogP contribution >= 0.6 is 11.6 Å². The molecule has 0 atom stereocenters. The molecule has 2 nitrogen and oxygen atoms in total. The summed E-state index contributed by atoms with van der Waals surface area (Å²) in [6.07, 6.45) is -4.37. The van der Waals surface area contributed by atoms with E-state index in [4.69, 9.17) is 16.0 Å². The Bertz CT molecular complexity index is 779. The molecule has 0 amide bonds. The second kappa shape index (κ2) is 5.50. The third kappa shape index (κ3) is 2.85. The van der Waals surface area contributed by atoms with E-state index in [9.17, 15) is 13.2 Å². The zero-order valence-corrected chi connectivity index (χ0v) is 11.8. The van der Waals surface area contributed by atoms with Gasteiger partial charge in [0, 0.05) is 11.1 Å². The predicted molar refractivity (Wildman–Crippen MR) is 77.4 cm³/mol. The number of benzene rings is 2. The highest BCUT2D eigenvalue weighted by Crippen LogP contribution is 2.36. The van der Waals surface area contributed by atoms with Crippen molar-refractivity contribution in [2.24, 2.45) is 0 Å². The highest BCUT2D eigenvalue weighted by atomic mass is 35.5. The molecular formula is C16H9ClF3NO. The summed E-state index contributed by atoms with van der Waals surface area (Å²) in [6.45, 7) is 0. The highest BCUT2D eigenvalue weighted by molar-refractivity contribution is 6.28. The van der Waals surface area contributed by atoms with Crippen LogP contribution in [0.15, 0.2) is 59.0 Å². The summed E-state index contributed by atoms with van der Waals surface area (Å²) in [5.41, 5.74) is 0.941. The summed E-state index contributed by atoms with van der Waals surface area (Å²) in [6, 6.07) is 13.8. The summed E-state index contributed by atoms with van der Waals surface area (Å²) in [5, 5.41) is -0.0613. The van der Waals surface area contributed by atoms with Gasteiger partial charge < -0.3 is 4.42 Å². The third-order valence-electron chi connectivity index (χ3n) is 3.12. The summed E-state index contributed by atoms with van der Waals surface area (Å²) in [4.78, 5) is 4.07. The fourth-order valence-electron chi connectivity index (χ4n) is 2.09. The molecule has 6 heteroatoms. The molecule has 112 valence electrons. The monoisotopic (exact) mass is 323 g/mol. The zero-order chi connectivity index (χ0) is 15.7. The highest BCUT2D eigenvalue weighted by Gasteiger charge is 2.30. The smallest absolute Gasteiger partial charge is 0.416 e. The van der Waals surface area contributed by atoms with E-state index in [1.54, 1.807) is 0 Å². The van der Waals surface area contributed by atoms with Crippen LogP contribution in [0.4, 0.5) is 13.2 Å². The maximum atomic E-state index is 12.6. The molecular weight excluding hydrogens is 315 g/mol. The van der Waals surface area contributed by atoms with Gasteiger partial charge in [-0.3, -0.25) is 0 Å². The minimum absolute atomic E-state index is 0.0613. The van der Waals surface area contributed by atoms with Gasteiger partial charge in [0.05, 0.1) is 5.56 Å². The Morgan fingerprint density at radius 2 is 1.50 bits per heavy atom. The van der Waals surface area contributed by atoms with E-state index in [1.165, 1.54) is 12.1 Å². The van der Waals surface area contributed by atoms with Crippen molar-refractivity contribution in [3.05, 3.63) is 65.5 Å². The van der Waals surface area contributed by atoms with Crippen molar-refractivity contribution in [3.8, 4) is 22.6 Å². The topological polar surface area (TPSA) is 26.0 Å². The normalized spacial score (nSPS) is 11.6. The molecule has 0 bridgehead atoms. The van der Waals surface area contributed by atoms with Crippen molar-refractivity contribution in [1.29, 1.82) is 0 Å². The molecule has 0 saturated carbocycles. The third-order valence-corrected chi connectivity index (χ3v) is 3.28. The molecule has 0 aliphatic carbocycles. The van der Waals surface area contributed by atoms with Crippen LogP contribution in [-0.4, -0.2) is 4.98 Å². The van der Waals surface area contributed by atoms with Gasteiger partial charge in [-0.05, 0) is 23.7 Å². The van der Waals surface area contributed by atoms with Gasteiger partial charge in [0.15, 0.2) is 5.76 Å². The van der Waals surface area contributed by atoms with Crippen molar-refractivity contribution in [1.82, 2.24) is 4.98 Å². The van der Waals surface area contributed by atoms with Crippen molar-refractivity contribution in [2.45, 2.75) is 6.18 Å². The first-order valence-electron chi connectivity index (χ1n) is 6.34. The Hall–Kier alpha value is -2.27. The summed E-state index contributed by atoms with van der Waals surface area (Å²) in [7, 11) is 0. The number of oxazole rings is 1. The van der Waals surface area contributed by atoms with Crippen LogP contribution in [0, 0.1) is 0 Å². The minimum atomic E-state index is -4.37. The molecule has 0 spiro atoms. The molecule has 0 fully saturated rings. The van der Waals surface area contributed by atoms with Crippen LogP contribution < -0.4 is 0 Å². The van der Waals surface area contributed by atoms with Gasteiger partial charge in [0.1, 0.15) is 5.69 Å². The molecule has 3 rings (SSSR count). The Morgan fingerprint density at radius 1 is 0.864 bits per heavy atom. The number of hydrogen-bond acceptors (Lipinski definition) is 2. The molecule has 2 aromatic carbocycles. The van der Waals surface area contributed by atoms with Crippen molar-refractivity contribution in [2.75, 3.05) is 0 Å². The van der Waals surface area contributed by atoms with E-state index in [-0.39, 0.29) is 5.35 Å². The molecule has 0 saturated heterocycles. The van der Waals surface area contributed by atoms with Crippen LogP contribution in [0.1, 0.15) is 5.56 Å². The summed E-state index contributed by atoms with van der Waals surface area (Å²) in [5.74, 6) is 0.422. The predicted octanol–water partition coefficient (Wildman–Crippen LogP) is 5.68. The molecule has 22 heavy (non-hydrogen) atoms. The fraction of sp³-hybridized carbons (Fsp3) is 0.0625. The Balaban J connectivity index is 2.06. The first kappa shape index (κ1) is 14.7. The summed E-state index contributed by atoms with van der Waals surface area (Å²) < 4.78 is 43.2. The van der Waals surface area contributed by atoms with Crippen LogP contribution in [0.3, 0.4) is 0 Å². The van der Waals surface area contributed by atoms with Gasteiger partial charge in [-0.2, -0.15) is 18.2 Å². The Labute approximate surface area is 129 Å². The number of nitrogens with zero attached hydrogens (tertiary/aromatic N) is 1. The zero-order valence-electron chi connectivity index (χ0n) is 11.1. The molecule has 0 N–H and O–H groups in total. The van der Waals surface area contributed by atoms with E-state index in [0.29, 0.717) is 17.0 Å². The standard InChI is InChI=1S/C16H9ClF3NO/c17-15-21-13(14(22-15)11-4-2-1-3-5-11)10-6-8-12(9-7-10)16(18,19)20/h1-9H. The number of alkyl halides is 3. The van der Waals surface area contributed by atoms with E-state index >= 15 is 0 Å². The van der Waals surface area contributed by atoms with E-state index < -0.39 is 11.7 Å². The fourth-order valence-corrected chi connectivity index (χ4v) is 2.25. The van der Waals surface area contributed by atoms with Gasteiger partial charge in [-0.25, -0.2) is 0 Å². The lowest BCUT2D eigenvalue weighted by atomic mass is 10.0. The molecule has 0 radical (unpaired) electrons. The lowest BCUT2D eigenvalue weighted by Gasteiger charge is -2.07. The average molecular weight is 324 g/mol. The molecule has 0 unspecified atom stereocenters. The minimum Gasteiger partial charge on any atom is -0.427 e. The molecule has 1 heterocycles. The number of halogens is 4. The molecule has 1 aromatic heterocycles. The van der Waals surface area contributed by atoms with Gasteiger partial charge in [0.2, 0.25) is 0 Å². The first-order chi connectivity index (χ1) is 10.4. The Morgan fingerprint density at radius 3 is 2.09 bits per heavy atom. The number of hydrogen-bond donors (Lipinski definition) is 0. The maximum Gasteiger partial charge on any atom is 0.416 e. The molecule has 3 aromatic rings. The largest absolute Gasteiger partial charge is 0.427 e. The maximum absolute atomic E-state index is 12.6. The van der Waals surface area contributed by atoms with Crippen LogP contribution in [-0.2, 0) is 6.18 Å². The van der Waals surface area contributed by atoms with E-state index in [0.717, 1.165) is 17.7 Å². The van der Waals surface area contributed by atoms with Crippen molar-refractivity contribution in [3.63, 3.8) is 0 Å². The molecule has 0 aliphatic rings. The average Bonchev–Trinajstić information content (AvgIpc) is 2.89. The second-order valence-electron chi connectivity index (χ2n) is 4.59.